The average molecular weight is 564 g/mol. The first-order chi connectivity index (χ1) is 18.9. The summed E-state index contributed by atoms with van der Waals surface area (Å²) in [6.07, 6.45) is -0.0206. The quantitative estimate of drug-likeness (QED) is 0.188. The van der Waals surface area contributed by atoms with Gasteiger partial charge >= 0.3 is 0 Å². The maximum Gasteiger partial charge on any atom is 0.300 e. The van der Waals surface area contributed by atoms with Crippen LogP contribution in [0.15, 0.2) is 66.2 Å². The van der Waals surface area contributed by atoms with Crippen molar-refractivity contribution in [3.8, 4) is 17.2 Å². The van der Waals surface area contributed by atoms with Crippen LogP contribution in [0.5, 0.6) is 17.2 Å². The van der Waals surface area contributed by atoms with E-state index in [0.717, 1.165) is 5.56 Å². The number of rotatable bonds is 7. The van der Waals surface area contributed by atoms with Gasteiger partial charge in [-0.15, -0.1) is 0 Å². The van der Waals surface area contributed by atoms with Gasteiger partial charge in [-0.1, -0.05) is 56.6 Å². The largest absolute Gasteiger partial charge is 0.507 e. The molecule has 1 heterocycles. The molecule has 40 heavy (non-hydrogen) atoms. The van der Waals surface area contributed by atoms with Crippen molar-refractivity contribution in [3.63, 3.8) is 0 Å². The number of aliphatic hydroxyl groups excluding tert-OH is 1. The van der Waals surface area contributed by atoms with Crippen molar-refractivity contribution in [3.05, 3.63) is 87.9 Å². The first-order valence-electron chi connectivity index (χ1n) is 13.0. The number of halogens is 1. The summed E-state index contributed by atoms with van der Waals surface area (Å²) in [5.41, 5.74) is 2.25. The molecule has 3 aromatic rings. The summed E-state index contributed by atoms with van der Waals surface area (Å²) in [7, 11) is 2.87. The van der Waals surface area contributed by atoms with Crippen molar-refractivity contribution in [2.75, 3.05) is 19.1 Å². The fraction of sp³-hybridized carbons (Fsp3) is 0.312. The number of hydrogen-bond donors (Lipinski definition) is 1. The van der Waals surface area contributed by atoms with Gasteiger partial charge in [0, 0.05) is 11.8 Å². The van der Waals surface area contributed by atoms with Crippen LogP contribution < -0.4 is 19.1 Å². The lowest BCUT2D eigenvalue weighted by atomic mass is 9.85. The monoisotopic (exact) mass is 563 g/mol. The lowest BCUT2D eigenvalue weighted by Gasteiger charge is -2.27. The Morgan fingerprint density at radius 1 is 0.925 bits per heavy atom. The van der Waals surface area contributed by atoms with E-state index < -0.39 is 23.5 Å². The SMILES string of the molecule is COc1cc(/C(O)=C2\C(=O)C(=O)N(c3ccc(OC(C)C)cc3)C2c2ccc(C(C)(C)C)cc2)c(OC)cc1Cl. The van der Waals surface area contributed by atoms with Crippen LogP contribution in [0.25, 0.3) is 5.76 Å². The van der Waals surface area contributed by atoms with Gasteiger partial charge in [0.15, 0.2) is 0 Å². The molecule has 8 heteroatoms. The van der Waals surface area contributed by atoms with E-state index in [1.165, 1.54) is 31.3 Å². The number of Topliss-reactive ketones (excluding diaryl/α,β-unsaturated/α-hetero) is 1. The summed E-state index contributed by atoms with van der Waals surface area (Å²) >= 11 is 6.28. The van der Waals surface area contributed by atoms with Gasteiger partial charge in [-0.05, 0) is 60.7 Å². The predicted molar refractivity (Wildman–Crippen MR) is 157 cm³/mol. The summed E-state index contributed by atoms with van der Waals surface area (Å²) in [4.78, 5) is 28.6. The third-order valence-corrected chi connectivity index (χ3v) is 7.05. The molecule has 0 radical (unpaired) electrons. The van der Waals surface area contributed by atoms with Gasteiger partial charge in [-0.2, -0.15) is 0 Å². The third kappa shape index (κ3) is 5.52. The zero-order chi connectivity index (χ0) is 29.4. The van der Waals surface area contributed by atoms with Crippen molar-refractivity contribution in [2.24, 2.45) is 0 Å². The molecule has 0 spiro atoms. The molecular weight excluding hydrogens is 530 g/mol. The first kappa shape index (κ1) is 29.0. The summed E-state index contributed by atoms with van der Waals surface area (Å²) < 4.78 is 16.6. The summed E-state index contributed by atoms with van der Waals surface area (Å²) in [6, 6.07) is 16.7. The van der Waals surface area contributed by atoms with Crippen LogP contribution in [0.3, 0.4) is 0 Å². The Kier molecular flexibility index (Phi) is 8.17. The number of hydrogen-bond acceptors (Lipinski definition) is 6. The van der Waals surface area contributed by atoms with Gasteiger partial charge in [0.1, 0.15) is 23.0 Å². The molecule has 7 nitrogen and oxygen atoms in total. The number of nitrogens with zero attached hydrogens (tertiary/aromatic N) is 1. The number of anilines is 1. The third-order valence-electron chi connectivity index (χ3n) is 6.75. The Morgan fingerprint density at radius 3 is 2.05 bits per heavy atom. The summed E-state index contributed by atoms with van der Waals surface area (Å²) in [6.45, 7) is 10.2. The second kappa shape index (κ2) is 11.3. The zero-order valence-electron chi connectivity index (χ0n) is 23.7. The number of amides is 1. The molecule has 0 saturated carbocycles. The standard InChI is InChI=1S/C32H34ClNO6/c1-18(2)40-22-14-12-21(13-15-22)34-28(19-8-10-20(11-9-19)32(3,4)5)27(30(36)31(34)37)29(35)23-16-26(39-7)24(33)17-25(23)38-6/h8-18,28,35H,1-7H3/b29-27+. The second-order valence-electron chi connectivity index (χ2n) is 10.9. The van der Waals surface area contributed by atoms with Crippen LogP contribution in [0.4, 0.5) is 5.69 Å². The molecule has 1 amide bonds. The number of methoxy groups -OCH3 is 2. The van der Waals surface area contributed by atoms with Crippen LogP contribution in [-0.2, 0) is 15.0 Å². The molecule has 3 aromatic carbocycles. The number of carbonyl (C=O) groups excluding carboxylic acids is 2. The smallest absolute Gasteiger partial charge is 0.300 e. The summed E-state index contributed by atoms with van der Waals surface area (Å²) in [5, 5.41) is 11.9. The van der Waals surface area contributed by atoms with Crippen molar-refractivity contribution in [1.82, 2.24) is 0 Å². The molecule has 1 aliphatic heterocycles. The lowest BCUT2D eigenvalue weighted by Crippen LogP contribution is -2.29. The average Bonchev–Trinajstić information content (AvgIpc) is 3.17. The highest BCUT2D eigenvalue weighted by Crippen LogP contribution is 2.45. The fourth-order valence-corrected chi connectivity index (χ4v) is 4.96. The van der Waals surface area contributed by atoms with E-state index in [-0.39, 0.29) is 39.2 Å². The molecule has 210 valence electrons. The Hall–Kier alpha value is -3.97. The normalized spacial score (nSPS) is 16.9. The number of aliphatic hydroxyl groups is 1. The van der Waals surface area contributed by atoms with E-state index in [2.05, 4.69) is 20.8 Å². The number of benzene rings is 3. The minimum absolute atomic E-state index is 0.0206. The summed E-state index contributed by atoms with van der Waals surface area (Å²) in [5.74, 6) is -0.821. The van der Waals surface area contributed by atoms with Gasteiger partial charge in [0.05, 0.1) is 42.5 Å². The Balaban J connectivity index is 1.94. The molecular formula is C32H34ClNO6. The van der Waals surface area contributed by atoms with Crippen molar-refractivity contribution in [1.29, 1.82) is 0 Å². The zero-order valence-corrected chi connectivity index (χ0v) is 24.5. The maximum atomic E-state index is 13.6. The van der Waals surface area contributed by atoms with Gasteiger partial charge < -0.3 is 19.3 Å². The van der Waals surface area contributed by atoms with E-state index >= 15 is 0 Å². The molecule has 1 saturated heterocycles. The topological polar surface area (TPSA) is 85.3 Å². The second-order valence-corrected chi connectivity index (χ2v) is 11.3. The Morgan fingerprint density at radius 2 is 1.52 bits per heavy atom. The molecule has 0 aliphatic carbocycles. The lowest BCUT2D eigenvalue weighted by molar-refractivity contribution is -0.132. The van der Waals surface area contributed by atoms with E-state index in [0.29, 0.717) is 17.0 Å². The van der Waals surface area contributed by atoms with E-state index in [1.807, 2.05) is 38.1 Å². The van der Waals surface area contributed by atoms with Gasteiger partial charge in [-0.3, -0.25) is 14.5 Å². The molecule has 1 unspecified atom stereocenters. The van der Waals surface area contributed by atoms with Crippen LogP contribution >= 0.6 is 11.6 Å². The van der Waals surface area contributed by atoms with Crippen molar-refractivity contribution >= 4 is 34.7 Å². The maximum absolute atomic E-state index is 13.6. The fourth-order valence-electron chi connectivity index (χ4n) is 4.73. The van der Waals surface area contributed by atoms with E-state index in [4.69, 9.17) is 25.8 Å². The van der Waals surface area contributed by atoms with Crippen LogP contribution in [0.2, 0.25) is 5.02 Å². The van der Waals surface area contributed by atoms with Crippen LogP contribution in [0.1, 0.15) is 57.4 Å². The molecule has 1 aliphatic rings. The number of carbonyl (C=O) groups is 2. The highest BCUT2D eigenvalue weighted by molar-refractivity contribution is 6.51. The minimum atomic E-state index is -0.905. The first-order valence-corrected chi connectivity index (χ1v) is 13.3. The van der Waals surface area contributed by atoms with Gasteiger partial charge in [0.2, 0.25) is 0 Å². The molecule has 1 N–H and O–H groups in total. The number of ether oxygens (including phenoxy) is 3. The van der Waals surface area contributed by atoms with E-state index in [9.17, 15) is 14.7 Å². The molecule has 4 rings (SSSR count). The number of ketones is 1. The van der Waals surface area contributed by atoms with Crippen molar-refractivity contribution in [2.45, 2.75) is 52.2 Å². The van der Waals surface area contributed by atoms with Crippen LogP contribution in [0, 0.1) is 0 Å². The van der Waals surface area contributed by atoms with Crippen LogP contribution in [-0.4, -0.2) is 37.1 Å². The molecule has 0 bridgehead atoms. The molecule has 1 atom stereocenters. The van der Waals surface area contributed by atoms with E-state index in [1.54, 1.807) is 24.3 Å². The van der Waals surface area contributed by atoms with Crippen molar-refractivity contribution < 1.29 is 28.9 Å². The Labute approximate surface area is 239 Å². The predicted octanol–water partition coefficient (Wildman–Crippen LogP) is 7.07. The van der Waals surface area contributed by atoms with Gasteiger partial charge in [0.25, 0.3) is 11.7 Å². The highest BCUT2D eigenvalue weighted by atomic mass is 35.5. The molecule has 1 fully saturated rings. The Bertz CT molecular complexity index is 1450. The van der Waals surface area contributed by atoms with Gasteiger partial charge in [-0.25, -0.2) is 0 Å². The minimum Gasteiger partial charge on any atom is -0.507 e. The molecule has 0 aromatic heterocycles. The highest BCUT2D eigenvalue weighted by Gasteiger charge is 2.47.